The fourth-order valence-electron chi connectivity index (χ4n) is 3.31. The fourth-order valence-corrected chi connectivity index (χ4v) is 3.95. The molecule has 1 saturated heterocycles. The zero-order valence-corrected chi connectivity index (χ0v) is 13.8. The molecule has 4 rings (SSSR count). The van der Waals surface area contributed by atoms with Crippen LogP contribution in [0.2, 0.25) is 0 Å². The minimum atomic E-state index is -0.103. The monoisotopic (exact) mass is 343 g/mol. The highest BCUT2D eigenvalue weighted by atomic mass is 32.1. The number of fused-ring (bicyclic) bond motifs is 1. The van der Waals surface area contributed by atoms with E-state index in [-0.39, 0.29) is 24.8 Å². The number of hydrogen-bond donors (Lipinski definition) is 1. The van der Waals surface area contributed by atoms with Gasteiger partial charge in [0.05, 0.1) is 30.1 Å². The van der Waals surface area contributed by atoms with Crippen molar-refractivity contribution in [3.05, 3.63) is 46.0 Å². The van der Waals surface area contributed by atoms with Gasteiger partial charge in [-0.2, -0.15) is 0 Å². The molecule has 0 aliphatic carbocycles. The molecule has 1 unspecified atom stereocenters. The molecule has 1 N–H and O–H groups in total. The molecule has 124 valence electrons. The summed E-state index contributed by atoms with van der Waals surface area (Å²) in [5.74, 6) is 0.695. The van der Waals surface area contributed by atoms with Crippen LogP contribution in [0.1, 0.15) is 24.7 Å². The molecule has 0 bridgehead atoms. The lowest BCUT2D eigenvalue weighted by Crippen LogP contribution is -2.33. The van der Waals surface area contributed by atoms with Crippen molar-refractivity contribution in [3.8, 4) is 0 Å². The molecule has 1 aromatic carbocycles. The molecule has 0 spiro atoms. The molecule has 0 amide bonds. The van der Waals surface area contributed by atoms with Crippen LogP contribution >= 0.6 is 11.3 Å². The van der Waals surface area contributed by atoms with E-state index in [2.05, 4.69) is 15.1 Å². The van der Waals surface area contributed by atoms with E-state index >= 15 is 0 Å². The molecule has 7 nitrogen and oxygen atoms in total. The van der Waals surface area contributed by atoms with Crippen LogP contribution in [0.25, 0.3) is 10.9 Å². The molecule has 8 heteroatoms. The standard InChI is InChI=1S/C16H17N5O2S/c22-9-8-21-14(18-12-5-2-1-4-11(12)15(21)23)13-6-3-7-20(13)16-19-17-10-24-16/h1-2,4-5,10,13,22H,3,6-9H2. The van der Waals surface area contributed by atoms with Crippen LogP contribution in [0, 0.1) is 0 Å². The van der Waals surface area contributed by atoms with Crippen LogP contribution in [0.5, 0.6) is 0 Å². The van der Waals surface area contributed by atoms with Crippen molar-refractivity contribution in [1.82, 2.24) is 19.7 Å². The van der Waals surface area contributed by atoms with Gasteiger partial charge in [0.25, 0.3) is 5.56 Å². The fraction of sp³-hybridized carbons (Fsp3) is 0.375. The van der Waals surface area contributed by atoms with E-state index in [1.807, 2.05) is 18.2 Å². The number of nitrogens with zero attached hydrogens (tertiary/aromatic N) is 5. The highest BCUT2D eigenvalue weighted by Gasteiger charge is 2.32. The minimum Gasteiger partial charge on any atom is -0.395 e. The first-order valence-corrected chi connectivity index (χ1v) is 8.80. The molecule has 1 fully saturated rings. The molecule has 1 aliphatic rings. The van der Waals surface area contributed by atoms with Crippen molar-refractivity contribution in [2.45, 2.75) is 25.4 Å². The van der Waals surface area contributed by atoms with Gasteiger partial charge < -0.3 is 10.0 Å². The van der Waals surface area contributed by atoms with E-state index in [4.69, 9.17) is 4.98 Å². The zero-order valence-electron chi connectivity index (χ0n) is 13.0. The molecule has 0 radical (unpaired) electrons. The highest BCUT2D eigenvalue weighted by Crippen LogP contribution is 2.35. The third-order valence-corrected chi connectivity index (χ3v) is 5.09. The number of anilines is 1. The van der Waals surface area contributed by atoms with Gasteiger partial charge in [0.1, 0.15) is 11.3 Å². The van der Waals surface area contributed by atoms with Gasteiger partial charge in [-0.05, 0) is 25.0 Å². The average molecular weight is 343 g/mol. The molecular formula is C16H17N5O2S. The molecule has 1 atom stereocenters. The van der Waals surface area contributed by atoms with E-state index < -0.39 is 0 Å². The minimum absolute atomic E-state index is 0.0261. The SMILES string of the molecule is O=c1c2ccccc2nc(C2CCCN2c2nncs2)n1CCO. The lowest BCUT2D eigenvalue weighted by Gasteiger charge is -2.25. The Morgan fingerprint density at radius 2 is 2.21 bits per heavy atom. The van der Waals surface area contributed by atoms with E-state index in [0.29, 0.717) is 16.7 Å². The Morgan fingerprint density at radius 3 is 3.00 bits per heavy atom. The summed E-state index contributed by atoms with van der Waals surface area (Å²) in [4.78, 5) is 19.8. The molecular weight excluding hydrogens is 326 g/mol. The molecule has 2 aromatic heterocycles. The van der Waals surface area contributed by atoms with E-state index in [9.17, 15) is 9.90 Å². The van der Waals surface area contributed by atoms with Gasteiger partial charge in [0.2, 0.25) is 5.13 Å². The second-order valence-corrected chi connectivity index (χ2v) is 6.55. The number of aliphatic hydroxyl groups excluding tert-OH is 1. The number of aromatic nitrogens is 4. The number of aliphatic hydroxyl groups is 1. The predicted octanol–water partition coefficient (Wildman–Crippen LogP) is 1.58. The first-order valence-electron chi connectivity index (χ1n) is 7.92. The van der Waals surface area contributed by atoms with Gasteiger partial charge >= 0.3 is 0 Å². The number of benzene rings is 1. The van der Waals surface area contributed by atoms with Crippen molar-refractivity contribution >= 4 is 27.4 Å². The van der Waals surface area contributed by atoms with Gasteiger partial charge in [-0.1, -0.05) is 23.5 Å². The summed E-state index contributed by atoms with van der Waals surface area (Å²) >= 11 is 1.48. The summed E-state index contributed by atoms with van der Waals surface area (Å²) in [6, 6.07) is 7.32. The lowest BCUT2D eigenvalue weighted by atomic mass is 10.1. The second kappa shape index (κ2) is 6.29. The Hall–Kier alpha value is -2.32. The average Bonchev–Trinajstić information content (AvgIpc) is 3.28. The van der Waals surface area contributed by atoms with Gasteiger partial charge in [0.15, 0.2) is 0 Å². The quantitative estimate of drug-likeness (QED) is 0.774. The summed E-state index contributed by atoms with van der Waals surface area (Å²) in [7, 11) is 0. The normalized spacial score (nSPS) is 17.7. The molecule has 3 heterocycles. The van der Waals surface area contributed by atoms with Crippen LogP contribution < -0.4 is 10.5 Å². The largest absolute Gasteiger partial charge is 0.395 e. The summed E-state index contributed by atoms with van der Waals surface area (Å²) < 4.78 is 1.60. The van der Waals surface area contributed by atoms with Crippen molar-refractivity contribution < 1.29 is 5.11 Å². The predicted molar refractivity (Wildman–Crippen MR) is 92.3 cm³/mol. The van der Waals surface area contributed by atoms with Crippen LogP contribution in [0.3, 0.4) is 0 Å². The Bertz CT molecular complexity index is 908. The van der Waals surface area contributed by atoms with E-state index in [1.54, 1.807) is 16.1 Å². The van der Waals surface area contributed by atoms with Crippen molar-refractivity contribution in [2.24, 2.45) is 0 Å². The van der Waals surface area contributed by atoms with Crippen molar-refractivity contribution in [2.75, 3.05) is 18.1 Å². The number of para-hydroxylation sites is 1. The topological polar surface area (TPSA) is 84.1 Å². The summed E-state index contributed by atoms with van der Waals surface area (Å²) in [6.07, 6.45) is 1.90. The van der Waals surface area contributed by atoms with E-state index in [1.165, 1.54) is 11.3 Å². The Balaban J connectivity index is 1.88. The first-order chi connectivity index (χ1) is 11.8. The van der Waals surface area contributed by atoms with Crippen LogP contribution in [-0.2, 0) is 6.54 Å². The molecule has 1 aliphatic heterocycles. The Morgan fingerprint density at radius 1 is 1.33 bits per heavy atom. The van der Waals surface area contributed by atoms with Crippen molar-refractivity contribution in [1.29, 1.82) is 0 Å². The maximum atomic E-state index is 12.9. The van der Waals surface area contributed by atoms with E-state index in [0.717, 1.165) is 24.5 Å². The van der Waals surface area contributed by atoms with Gasteiger partial charge in [-0.25, -0.2) is 4.98 Å². The smallest absolute Gasteiger partial charge is 0.261 e. The van der Waals surface area contributed by atoms with Crippen LogP contribution in [0.15, 0.2) is 34.6 Å². The third-order valence-electron chi connectivity index (χ3n) is 4.36. The molecule has 0 saturated carbocycles. The molecule has 3 aromatic rings. The first kappa shape index (κ1) is 15.2. The second-order valence-electron chi connectivity index (χ2n) is 5.74. The Kier molecular flexibility index (Phi) is 3.99. The van der Waals surface area contributed by atoms with Gasteiger partial charge in [-0.15, -0.1) is 10.2 Å². The van der Waals surface area contributed by atoms with Crippen LogP contribution in [-0.4, -0.2) is 38.0 Å². The Labute approximate surface area is 142 Å². The lowest BCUT2D eigenvalue weighted by molar-refractivity contribution is 0.270. The summed E-state index contributed by atoms with van der Waals surface area (Å²) in [6.45, 7) is 1.01. The van der Waals surface area contributed by atoms with Gasteiger partial charge in [-0.3, -0.25) is 9.36 Å². The van der Waals surface area contributed by atoms with Crippen molar-refractivity contribution in [3.63, 3.8) is 0 Å². The number of hydrogen-bond acceptors (Lipinski definition) is 7. The summed E-state index contributed by atoms with van der Waals surface area (Å²) in [5.41, 5.74) is 2.30. The maximum absolute atomic E-state index is 12.9. The maximum Gasteiger partial charge on any atom is 0.261 e. The highest BCUT2D eigenvalue weighted by molar-refractivity contribution is 7.13. The molecule has 24 heavy (non-hydrogen) atoms. The van der Waals surface area contributed by atoms with Gasteiger partial charge in [0, 0.05) is 6.54 Å². The summed E-state index contributed by atoms with van der Waals surface area (Å²) in [5, 5.41) is 18.9. The zero-order chi connectivity index (χ0) is 16.5. The third kappa shape index (κ3) is 2.47. The number of rotatable bonds is 4. The van der Waals surface area contributed by atoms with Crippen LogP contribution in [0.4, 0.5) is 5.13 Å².